The summed E-state index contributed by atoms with van der Waals surface area (Å²) >= 11 is 0. The Kier molecular flexibility index (Phi) is 13.6. The third-order valence-corrected chi connectivity index (χ3v) is 10.5. The molecule has 2 saturated heterocycles. The molecule has 62 heavy (non-hydrogen) atoms. The molecule has 20 nitrogen and oxygen atoms in total. The van der Waals surface area contributed by atoms with Gasteiger partial charge >= 0.3 is 11.3 Å². The van der Waals surface area contributed by atoms with Gasteiger partial charge in [0.15, 0.2) is 22.7 Å². The standard InChI is InChI=1S/C42H50N2O18/c1-41(2)35(55-7)27(47)29(49)39(61-41)57-23-15-13-19-17-21(37(51)59-31(19)33(23)53-5)43-25(45)11-9-10-12-26(46)44-22-18-20-14-16-24(34(54-6)32(20)60-38(22)52)58-40-30(50)28(48)36(56-8)42(3,4)62-40/h9-10,13-18,27-30,35-36,39-40,47-50H,11-12H2,1-8H3,(H,43,45)(H,44,46)/b10-9+/t27-,28-,29+,30+,35+,36+,39+,40+/m1/s1. The first-order chi connectivity index (χ1) is 29.3. The predicted octanol–water partition coefficient (Wildman–Crippen LogP) is 2.33. The minimum Gasteiger partial charge on any atom is -0.490 e. The van der Waals surface area contributed by atoms with Crippen LogP contribution < -0.4 is 40.8 Å². The maximum Gasteiger partial charge on any atom is 0.360 e. The Hall–Kier alpha value is -5.58. The second kappa shape index (κ2) is 18.4. The number of carbonyl (C=O) groups excluding carboxylic acids is 2. The Morgan fingerprint density at radius 3 is 1.34 bits per heavy atom. The van der Waals surface area contributed by atoms with Gasteiger partial charge in [0.25, 0.3) is 0 Å². The average molecular weight is 871 g/mol. The SMILES string of the molecule is COc1c(O[C@H]2OC(C)(C)[C@@H](OC)[C@H](O)[C@@H]2O)ccc2cc(NC(=O)C/C=C/CC(=O)Nc3cc4ccc(O[C@H]5OC(C)(C)[C@@H](OC)[C@H](O)[C@@H]5O)c(OC)c4oc3=O)c(=O)oc12. The second-order valence-corrected chi connectivity index (χ2v) is 15.6. The van der Waals surface area contributed by atoms with E-state index in [0.717, 1.165) is 0 Å². The van der Waals surface area contributed by atoms with Crippen LogP contribution >= 0.6 is 0 Å². The number of amides is 2. The number of hydrogen-bond donors (Lipinski definition) is 6. The van der Waals surface area contributed by atoms with E-state index in [0.29, 0.717) is 10.8 Å². The van der Waals surface area contributed by atoms with Gasteiger partial charge in [-0.3, -0.25) is 9.59 Å². The Morgan fingerprint density at radius 2 is 1.00 bits per heavy atom. The fourth-order valence-corrected chi connectivity index (χ4v) is 7.47. The van der Waals surface area contributed by atoms with Crippen LogP contribution in [0.2, 0.25) is 0 Å². The number of ether oxygens (including phenoxy) is 8. The molecule has 0 radical (unpaired) electrons. The number of benzene rings is 2. The van der Waals surface area contributed by atoms with Crippen molar-refractivity contribution in [1.29, 1.82) is 0 Å². The quantitative estimate of drug-likeness (QED) is 0.0784. The normalized spacial score (nSPS) is 25.7. The molecule has 2 aromatic carbocycles. The van der Waals surface area contributed by atoms with Crippen LogP contribution in [0.4, 0.5) is 11.4 Å². The molecular formula is C42H50N2O18. The lowest BCUT2D eigenvalue weighted by Gasteiger charge is -2.46. The van der Waals surface area contributed by atoms with Crippen molar-refractivity contribution in [2.24, 2.45) is 0 Å². The van der Waals surface area contributed by atoms with Gasteiger partial charge in [-0.05, 0) is 64.1 Å². The summed E-state index contributed by atoms with van der Waals surface area (Å²) in [6, 6.07) is 8.78. The van der Waals surface area contributed by atoms with Crippen LogP contribution in [0.3, 0.4) is 0 Å². The summed E-state index contributed by atoms with van der Waals surface area (Å²) in [7, 11) is 5.40. The van der Waals surface area contributed by atoms with Crippen molar-refractivity contribution in [2.75, 3.05) is 39.1 Å². The summed E-state index contributed by atoms with van der Waals surface area (Å²) in [6.45, 7) is 6.68. The number of methoxy groups -OCH3 is 4. The zero-order valence-electron chi connectivity index (χ0n) is 35.2. The molecule has 0 bridgehead atoms. The third-order valence-electron chi connectivity index (χ3n) is 10.5. The Morgan fingerprint density at radius 1 is 0.629 bits per heavy atom. The molecule has 20 heteroatoms. The van der Waals surface area contributed by atoms with Crippen molar-refractivity contribution in [3.8, 4) is 23.0 Å². The zero-order chi connectivity index (χ0) is 45.3. The van der Waals surface area contributed by atoms with E-state index in [1.54, 1.807) is 27.7 Å². The van der Waals surface area contributed by atoms with Gasteiger partial charge in [0.05, 0.1) is 25.4 Å². The van der Waals surface area contributed by atoms with E-state index in [-0.39, 0.29) is 58.4 Å². The first-order valence-corrected chi connectivity index (χ1v) is 19.3. The summed E-state index contributed by atoms with van der Waals surface area (Å²) in [5, 5.41) is 48.2. The Labute approximate surface area is 353 Å². The minimum atomic E-state index is -1.49. The van der Waals surface area contributed by atoms with Crippen LogP contribution in [-0.2, 0) is 28.5 Å². The smallest absolute Gasteiger partial charge is 0.360 e. The van der Waals surface area contributed by atoms with Crippen LogP contribution in [0.1, 0.15) is 40.5 Å². The van der Waals surface area contributed by atoms with Gasteiger partial charge in [-0.15, -0.1) is 0 Å². The van der Waals surface area contributed by atoms with E-state index in [4.69, 9.17) is 46.7 Å². The lowest BCUT2D eigenvalue weighted by Crippen LogP contribution is -2.63. The monoisotopic (exact) mass is 870 g/mol. The molecule has 2 amide bonds. The number of fused-ring (bicyclic) bond motifs is 2. The number of aliphatic hydroxyl groups is 4. The lowest BCUT2D eigenvalue weighted by molar-refractivity contribution is -0.306. The molecule has 0 saturated carbocycles. The number of carbonyl (C=O) groups is 2. The molecule has 4 heterocycles. The highest BCUT2D eigenvalue weighted by Crippen LogP contribution is 2.41. The molecular weight excluding hydrogens is 820 g/mol. The number of nitrogens with one attached hydrogen (secondary N) is 2. The van der Waals surface area contributed by atoms with Gasteiger partial charge in [0, 0.05) is 37.8 Å². The highest BCUT2D eigenvalue weighted by molar-refractivity contribution is 5.96. The van der Waals surface area contributed by atoms with Crippen molar-refractivity contribution in [2.45, 2.75) is 101 Å². The van der Waals surface area contributed by atoms with E-state index in [1.165, 1.54) is 77.0 Å². The largest absolute Gasteiger partial charge is 0.490 e. The van der Waals surface area contributed by atoms with Crippen LogP contribution in [0.15, 0.2) is 67.0 Å². The van der Waals surface area contributed by atoms with E-state index in [1.807, 2.05) is 0 Å². The highest BCUT2D eigenvalue weighted by atomic mass is 16.7. The van der Waals surface area contributed by atoms with Gasteiger partial charge in [-0.2, -0.15) is 0 Å². The van der Waals surface area contributed by atoms with Crippen molar-refractivity contribution in [1.82, 2.24) is 0 Å². The van der Waals surface area contributed by atoms with Crippen molar-refractivity contribution in [3.63, 3.8) is 0 Å². The molecule has 8 atom stereocenters. The van der Waals surface area contributed by atoms with Gasteiger partial charge in [-0.1, -0.05) is 12.2 Å². The third kappa shape index (κ3) is 9.27. The number of aliphatic hydroxyl groups excluding tert-OH is 4. The fraction of sp³-hybridized carbons (Fsp3) is 0.476. The van der Waals surface area contributed by atoms with Crippen LogP contribution in [0, 0.1) is 0 Å². The van der Waals surface area contributed by atoms with Gasteiger partial charge < -0.3 is 77.8 Å². The maximum absolute atomic E-state index is 13.0. The summed E-state index contributed by atoms with van der Waals surface area (Å²) in [6.07, 6.45) is -7.67. The van der Waals surface area contributed by atoms with Crippen molar-refractivity contribution in [3.05, 3.63) is 69.4 Å². The summed E-state index contributed by atoms with van der Waals surface area (Å²) in [4.78, 5) is 51.4. The molecule has 6 rings (SSSR count). The fourth-order valence-electron chi connectivity index (χ4n) is 7.47. The molecule has 0 spiro atoms. The molecule has 2 aromatic heterocycles. The number of rotatable bonds is 14. The number of anilines is 2. The Bertz CT molecular complexity index is 2280. The van der Waals surface area contributed by atoms with E-state index < -0.39 is 83.5 Å². The van der Waals surface area contributed by atoms with Crippen LogP contribution in [0.5, 0.6) is 23.0 Å². The first-order valence-electron chi connectivity index (χ1n) is 19.3. The van der Waals surface area contributed by atoms with E-state index in [9.17, 15) is 39.6 Å². The van der Waals surface area contributed by atoms with E-state index >= 15 is 0 Å². The summed E-state index contributed by atoms with van der Waals surface area (Å²) < 4.78 is 56.1. The van der Waals surface area contributed by atoms with Gasteiger partial charge in [0.1, 0.15) is 48.0 Å². The Balaban J connectivity index is 1.06. The number of hydrogen-bond acceptors (Lipinski definition) is 18. The second-order valence-electron chi connectivity index (χ2n) is 15.6. The van der Waals surface area contributed by atoms with Gasteiger partial charge in [0.2, 0.25) is 35.9 Å². The highest BCUT2D eigenvalue weighted by Gasteiger charge is 2.52. The van der Waals surface area contributed by atoms with Gasteiger partial charge in [-0.25, -0.2) is 9.59 Å². The van der Waals surface area contributed by atoms with Crippen LogP contribution in [-0.4, -0.2) is 121 Å². The zero-order valence-corrected chi connectivity index (χ0v) is 35.2. The molecule has 2 fully saturated rings. The molecule has 2 aliphatic rings. The van der Waals surface area contributed by atoms with E-state index in [2.05, 4.69) is 10.6 Å². The summed E-state index contributed by atoms with van der Waals surface area (Å²) in [5.41, 5.74) is -4.28. The lowest BCUT2D eigenvalue weighted by atomic mass is 9.89. The van der Waals surface area contributed by atoms with Crippen molar-refractivity contribution >= 4 is 45.1 Å². The summed E-state index contributed by atoms with van der Waals surface area (Å²) in [5.74, 6) is -1.13. The molecule has 6 N–H and O–H groups in total. The average Bonchev–Trinajstić information content (AvgIpc) is 3.21. The van der Waals surface area contributed by atoms with Crippen molar-refractivity contribution < 1.29 is 76.7 Å². The molecule has 336 valence electrons. The molecule has 2 aliphatic heterocycles. The topological polar surface area (TPSA) is 273 Å². The predicted molar refractivity (Wildman–Crippen MR) is 218 cm³/mol. The molecule has 0 unspecified atom stereocenters. The minimum absolute atomic E-state index is 0.00409. The first kappa shape index (κ1) is 45.9. The van der Waals surface area contributed by atoms with Crippen LogP contribution in [0.25, 0.3) is 21.9 Å². The maximum atomic E-state index is 13.0. The molecule has 0 aliphatic carbocycles. The molecule has 4 aromatic rings.